The minimum atomic E-state index is -1.05. The van der Waals surface area contributed by atoms with Crippen molar-refractivity contribution in [2.24, 2.45) is 0 Å². The zero-order valence-corrected chi connectivity index (χ0v) is 20.6. The van der Waals surface area contributed by atoms with E-state index in [4.69, 9.17) is 4.74 Å². The van der Waals surface area contributed by atoms with Gasteiger partial charge in [0.25, 0.3) is 0 Å². The molecule has 35 heavy (non-hydrogen) atoms. The molecule has 0 aliphatic heterocycles. The summed E-state index contributed by atoms with van der Waals surface area (Å²) in [5.41, 5.74) is 7.05. The third-order valence-electron chi connectivity index (χ3n) is 6.71. The summed E-state index contributed by atoms with van der Waals surface area (Å²) in [6, 6.07) is 23.7. The quantitative estimate of drug-likeness (QED) is 0.404. The molecule has 0 saturated carbocycles. The Balaban J connectivity index is 1.31. The number of rotatable bonds is 8. The van der Waals surface area contributed by atoms with Gasteiger partial charge in [-0.3, -0.25) is 0 Å². The first-order valence-electron chi connectivity index (χ1n) is 12.2. The summed E-state index contributed by atoms with van der Waals surface area (Å²) >= 11 is 0. The molecule has 4 rings (SSSR count). The van der Waals surface area contributed by atoms with Crippen LogP contribution in [0.5, 0.6) is 0 Å². The molecule has 3 aromatic rings. The second-order valence-corrected chi connectivity index (χ2v) is 10.2. The minimum absolute atomic E-state index is 0.0625. The van der Waals surface area contributed by atoms with Crippen LogP contribution in [-0.2, 0) is 21.4 Å². The number of aryl methyl sites for hydroxylation is 1. The van der Waals surface area contributed by atoms with E-state index in [2.05, 4.69) is 74.6 Å². The van der Waals surface area contributed by atoms with E-state index in [1.807, 2.05) is 24.3 Å². The Morgan fingerprint density at radius 2 is 1.49 bits per heavy atom. The molecule has 1 aliphatic carbocycles. The predicted octanol–water partition coefficient (Wildman–Crippen LogP) is 6.30. The van der Waals surface area contributed by atoms with Gasteiger partial charge in [-0.1, -0.05) is 93.6 Å². The highest BCUT2D eigenvalue weighted by atomic mass is 16.5. The fourth-order valence-corrected chi connectivity index (χ4v) is 4.72. The second-order valence-electron chi connectivity index (χ2n) is 10.2. The van der Waals surface area contributed by atoms with Crippen LogP contribution >= 0.6 is 0 Å². The van der Waals surface area contributed by atoms with Crippen molar-refractivity contribution in [2.45, 2.75) is 57.4 Å². The molecule has 1 unspecified atom stereocenters. The number of fused-ring (bicyclic) bond motifs is 3. The highest BCUT2D eigenvalue weighted by Crippen LogP contribution is 2.44. The zero-order valence-electron chi connectivity index (χ0n) is 20.6. The number of carbonyl (C=O) groups excluding carboxylic acids is 1. The summed E-state index contributed by atoms with van der Waals surface area (Å²) in [6.45, 7) is 6.68. The number of amides is 1. The van der Waals surface area contributed by atoms with Crippen LogP contribution in [0.25, 0.3) is 11.1 Å². The summed E-state index contributed by atoms with van der Waals surface area (Å²) in [5.74, 6) is -1.12. The van der Waals surface area contributed by atoms with Crippen molar-refractivity contribution >= 4 is 12.1 Å². The normalized spacial score (nSPS) is 13.6. The first kappa shape index (κ1) is 24.5. The van der Waals surface area contributed by atoms with Gasteiger partial charge in [-0.15, -0.1) is 0 Å². The van der Waals surface area contributed by atoms with Crippen LogP contribution in [0.4, 0.5) is 4.79 Å². The van der Waals surface area contributed by atoms with E-state index < -0.39 is 18.1 Å². The van der Waals surface area contributed by atoms with Gasteiger partial charge in [0.1, 0.15) is 12.6 Å². The molecular formula is C30H33NO4. The number of hydrogen-bond acceptors (Lipinski definition) is 3. The molecule has 0 spiro atoms. The maximum Gasteiger partial charge on any atom is 0.407 e. The molecular weight excluding hydrogens is 438 g/mol. The molecule has 2 N–H and O–H groups in total. The molecule has 0 radical (unpaired) electrons. The number of carbonyl (C=O) groups is 2. The molecule has 182 valence electrons. The van der Waals surface area contributed by atoms with Crippen LogP contribution < -0.4 is 5.32 Å². The number of alkyl carbamates (subject to hydrolysis) is 1. The van der Waals surface area contributed by atoms with E-state index in [9.17, 15) is 14.7 Å². The highest BCUT2D eigenvalue weighted by molar-refractivity contribution is 5.81. The fourth-order valence-electron chi connectivity index (χ4n) is 4.72. The molecule has 0 heterocycles. The second kappa shape index (κ2) is 10.3. The largest absolute Gasteiger partial charge is 0.480 e. The Morgan fingerprint density at radius 1 is 0.914 bits per heavy atom. The van der Waals surface area contributed by atoms with Crippen molar-refractivity contribution in [1.29, 1.82) is 0 Å². The van der Waals surface area contributed by atoms with Crippen LogP contribution in [-0.4, -0.2) is 29.8 Å². The lowest BCUT2D eigenvalue weighted by Crippen LogP contribution is -2.41. The van der Waals surface area contributed by atoms with Crippen molar-refractivity contribution < 1.29 is 19.4 Å². The van der Waals surface area contributed by atoms with E-state index in [0.29, 0.717) is 12.8 Å². The number of carboxylic acid groups (broad SMARTS) is 1. The molecule has 1 aliphatic rings. The lowest BCUT2D eigenvalue weighted by Gasteiger charge is -2.19. The van der Waals surface area contributed by atoms with Crippen molar-refractivity contribution in [3.05, 3.63) is 95.1 Å². The number of hydrogen-bond donors (Lipinski definition) is 2. The van der Waals surface area contributed by atoms with E-state index in [1.54, 1.807) is 0 Å². The van der Waals surface area contributed by atoms with Gasteiger partial charge >= 0.3 is 12.1 Å². The Bertz CT molecular complexity index is 1150. The van der Waals surface area contributed by atoms with Gasteiger partial charge in [-0.05, 0) is 58.1 Å². The summed E-state index contributed by atoms with van der Waals surface area (Å²) in [7, 11) is 0. The maximum absolute atomic E-state index is 12.5. The average Bonchev–Trinajstić information content (AvgIpc) is 3.15. The van der Waals surface area contributed by atoms with Gasteiger partial charge in [0.2, 0.25) is 0 Å². The van der Waals surface area contributed by atoms with Gasteiger partial charge in [0, 0.05) is 5.92 Å². The van der Waals surface area contributed by atoms with Gasteiger partial charge in [0.05, 0.1) is 0 Å². The number of aliphatic carboxylic acids is 1. The molecule has 5 heteroatoms. The topological polar surface area (TPSA) is 75.6 Å². The van der Waals surface area contributed by atoms with Crippen LogP contribution in [0.3, 0.4) is 0 Å². The molecule has 0 fully saturated rings. The van der Waals surface area contributed by atoms with Crippen LogP contribution in [0.15, 0.2) is 72.8 Å². The van der Waals surface area contributed by atoms with Gasteiger partial charge in [-0.25, -0.2) is 9.59 Å². The Kier molecular flexibility index (Phi) is 7.25. The molecule has 0 bridgehead atoms. The Morgan fingerprint density at radius 3 is 2.03 bits per heavy atom. The van der Waals surface area contributed by atoms with Crippen LogP contribution in [0.2, 0.25) is 0 Å². The minimum Gasteiger partial charge on any atom is -0.480 e. The molecule has 1 atom stereocenters. The fraction of sp³-hybridized carbons (Fsp3) is 0.333. The third-order valence-corrected chi connectivity index (χ3v) is 6.71. The van der Waals surface area contributed by atoms with Crippen molar-refractivity contribution in [2.75, 3.05) is 6.61 Å². The SMILES string of the molecule is CC(C)(C)c1ccc(CCCC(NC(=O)OCC2c3ccccc3-c3ccccc32)C(=O)O)cc1. The molecule has 0 saturated heterocycles. The standard InChI is InChI=1S/C30H33NO4/c1-30(2,3)21-17-15-20(16-18-21)9-8-14-27(28(32)33)31-29(34)35-19-26-24-12-6-4-10-22(24)23-11-5-7-13-25(23)26/h4-7,10-13,15-18,26-27H,8-9,14,19H2,1-3H3,(H,31,34)(H,32,33). The molecule has 1 amide bonds. The molecule has 5 nitrogen and oxygen atoms in total. The zero-order chi connectivity index (χ0) is 25.0. The van der Waals surface area contributed by atoms with E-state index in [0.717, 1.165) is 34.2 Å². The summed E-state index contributed by atoms with van der Waals surface area (Å²) in [4.78, 5) is 24.3. The maximum atomic E-state index is 12.5. The van der Waals surface area contributed by atoms with Crippen LogP contribution in [0, 0.1) is 0 Å². The molecule has 3 aromatic carbocycles. The number of benzene rings is 3. The van der Waals surface area contributed by atoms with Gasteiger partial charge in [0.15, 0.2) is 0 Å². The smallest absolute Gasteiger partial charge is 0.407 e. The summed E-state index contributed by atoms with van der Waals surface area (Å²) in [5, 5.41) is 12.2. The highest BCUT2D eigenvalue weighted by Gasteiger charge is 2.29. The summed E-state index contributed by atoms with van der Waals surface area (Å²) < 4.78 is 5.52. The first-order valence-corrected chi connectivity index (χ1v) is 12.2. The first-order chi connectivity index (χ1) is 16.7. The number of nitrogens with one attached hydrogen (secondary N) is 1. The molecule has 0 aromatic heterocycles. The lowest BCUT2D eigenvalue weighted by atomic mass is 9.86. The monoisotopic (exact) mass is 471 g/mol. The third kappa shape index (κ3) is 5.73. The Hall–Kier alpha value is -3.60. The van der Waals surface area contributed by atoms with E-state index >= 15 is 0 Å². The van der Waals surface area contributed by atoms with E-state index in [1.165, 1.54) is 5.56 Å². The average molecular weight is 472 g/mol. The summed E-state index contributed by atoms with van der Waals surface area (Å²) in [6.07, 6.45) is 1.03. The van der Waals surface area contributed by atoms with Crippen molar-refractivity contribution in [3.8, 4) is 11.1 Å². The van der Waals surface area contributed by atoms with Crippen LogP contribution in [0.1, 0.15) is 61.8 Å². The van der Waals surface area contributed by atoms with Gasteiger partial charge < -0.3 is 15.2 Å². The van der Waals surface area contributed by atoms with Crippen molar-refractivity contribution in [3.63, 3.8) is 0 Å². The van der Waals surface area contributed by atoms with E-state index in [-0.39, 0.29) is 17.9 Å². The lowest BCUT2D eigenvalue weighted by molar-refractivity contribution is -0.139. The van der Waals surface area contributed by atoms with Crippen molar-refractivity contribution in [1.82, 2.24) is 5.32 Å². The number of carboxylic acids is 1. The van der Waals surface area contributed by atoms with Gasteiger partial charge in [-0.2, -0.15) is 0 Å². The Labute approximate surface area is 207 Å². The predicted molar refractivity (Wildman–Crippen MR) is 138 cm³/mol. The number of ether oxygens (including phenoxy) is 1.